The summed E-state index contributed by atoms with van der Waals surface area (Å²) in [6.07, 6.45) is -0.0724. The van der Waals surface area contributed by atoms with Crippen molar-refractivity contribution in [3.63, 3.8) is 0 Å². The van der Waals surface area contributed by atoms with Gasteiger partial charge in [-0.3, -0.25) is 0 Å². The molecule has 2 heterocycles. The molecular formula is C8H13BO3. The minimum absolute atomic E-state index is 0.00463. The van der Waals surface area contributed by atoms with E-state index in [1.807, 2.05) is 20.8 Å². The summed E-state index contributed by atoms with van der Waals surface area (Å²) < 4.78 is 16.6. The maximum atomic E-state index is 5.70. The van der Waals surface area contributed by atoms with Crippen molar-refractivity contribution in [3.8, 4) is 0 Å². The molecule has 0 spiro atoms. The van der Waals surface area contributed by atoms with Crippen molar-refractivity contribution in [3.05, 3.63) is 0 Å². The first-order valence-corrected chi connectivity index (χ1v) is 4.26. The number of ether oxygens (including phenoxy) is 3. The molecule has 12 heavy (non-hydrogen) atoms. The van der Waals surface area contributed by atoms with E-state index in [9.17, 15) is 0 Å². The molecule has 0 aromatic heterocycles. The summed E-state index contributed by atoms with van der Waals surface area (Å²) in [7, 11) is 5.70. The molecule has 4 atom stereocenters. The smallest absolute Gasteiger partial charge is 0.163 e. The van der Waals surface area contributed by atoms with Gasteiger partial charge in [-0.25, -0.2) is 0 Å². The molecule has 0 amide bonds. The van der Waals surface area contributed by atoms with Gasteiger partial charge < -0.3 is 14.2 Å². The largest absolute Gasteiger partial charge is 0.380 e. The Morgan fingerprint density at radius 3 is 2.33 bits per heavy atom. The highest BCUT2D eigenvalue weighted by Gasteiger charge is 2.51. The third-order valence-corrected chi connectivity index (χ3v) is 2.32. The average Bonchev–Trinajstić information content (AvgIpc) is 2.34. The molecular weight excluding hydrogens is 155 g/mol. The van der Waals surface area contributed by atoms with E-state index in [2.05, 4.69) is 0 Å². The highest BCUT2D eigenvalue weighted by molar-refractivity contribution is 6.11. The zero-order chi connectivity index (χ0) is 8.93. The molecule has 4 heteroatoms. The predicted octanol–water partition coefficient (Wildman–Crippen LogP) is 0.420. The molecule has 0 aliphatic carbocycles. The van der Waals surface area contributed by atoms with E-state index >= 15 is 0 Å². The van der Waals surface area contributed by atoms with Crippen molar-refractivity contribution >= 4 is 7.85 Å². The lowest BCUT2D eigenvalue weighted by molar-refractivity contribution is -0.177. The van der Waals surface area contributed by atoms with Gasteiger partial charge in [-0.1, -0.05) is 0 Å². The van der Waals surface area contributed by atoms with E-state index in [0.717, 1.165) is 0 Å². The summed E-state index contributed by atoms with van der Waals surface area (Å²) in [4.78, 5) is 0. The van der Waals surface area contributed by atoms with E-state index in [4.69, 9.17) is 22.1 Å². The van der Waals surface area contributed by atoms with Crippen LogP contribution < -0.4 is 0 Å². The van der Waals surface area contributed by atoms with Crippen LogP contribution in [0.5, 0.6) is 0 Å². The Balaban J connectivity index is 2.15. The van der Waals surface area contributed by atoms with E-state index < -0.39 is 5.79 Å². The van der Waals surface area contributed by atoms with Gasteiger partial charge in [-0.15, -0.1) is 0 Å². The number of fused-ring (bicyclic) bond motifs is 1. The molecule has 0 N–H and O–H groups in total. The van der Waals surface area contributed by atoms with Crippen LogP contribution in [0.1, 0.15) is 20.8 Å². The summed E-state index contributed by atoms with van der Waals surface area (Å²) in [6, 6.07) is -0.341. The predicted molar refractivity (Wildman–Crippen MR) is 43.9 cm³/mol. The fourth-order valence-electron chi connectivity index (χ4n) is 1.84. The van der Waals surface area contributed by atoms with Crippen LogP contribution >= 0.6 is 0 Å². The van der Waals surface area contributed by atoms with Crippen molar-refractivity contribution in [2.45, 2.75) is 50.9 Å². The molecule has 0 aromatic rings. The van der Waals surface area contributed by atoms with Crippen LogP contribution in [0, 0.1) is 0 Å². The Morgan fingerprint density at radius 2 is 1.75 bits per heavy atom. The van der Waals surface area contributed by atoms with Gasteiger partial charge in [0.1, 0.15) is 20.1 Å². The Bertz CT molecular complexity index is 177. The van der Waals surface area contributed by atoms with Crippen LogP contribution in [-0.4, -0.2) is 37.9 Å². The van der Waals surface area contributed by atoms with Crippen molar-refractivity contribution in [1.82, 2.24) is 0 Å². The maximum Gasteiger partial charge on any atom is 0.163 e. The first kappa shape index (κ1) is 8.54. The lowest BCUT2D eigenvalue weighted by Crippen LogP contribution is -2.29. The second-order valence-corrected chi connectivity index (χ2v) is 3.87. The molecule has 2 rings (SSSR count). The number of hydrogen-bond acceptors (Lipinski definition) is 3. The fourth-order valence-corrected chi connectivity index (χ4v) is 1.84. The van der Waals surface area contributed by atoms with Crippen LogP contribution in [0.3, 0.4) is 0 Å². The molecule has 2 fully saturated rings. The first-order valence-electron chi connectivity index (χ1n) is 4.26. The summed E-state index contributed by atoms with van der Waals surface area (Å²) in [5.74, 6) is -0.509. The lowest BCUT2D eigenvalue weighted by Gasteiger charge is -2.21. The minimum Gasteiger partial charge on any atom is -0.380 e. The number of rotatable bonds is 0. The van der Waals surface area contributed by atoms with Gasteiger partial charge in [0, 0.05) is 6.00 Å². The molecule has 2 radical (unpaired) electrons. The summed E-state index contributed by atoms with van der Waals surface area (Å²) in [5.41, 5.74) is 0. The second-order valence-electron chi connectivity index (χ2n) is 3.87. The molecule has 0 bridgehead atoms. The summed E-state index contributed by atoms with van der Waals surface area (Å²) >= 11 is 0. The molecule has 3 nitrogen and oxygen atoms in total. The SMILES string of the molecule is [B]C1OC(C)C2OC(C)(C)OC12. The van der Waals surface area contributed by atoms with Crippen molar-refractivity contribution < 1.29 is 14.2 Å². The minimum atomic E-state index is -0.509. The first-order chi connectivity index (χ1) is 5.49. The van der Waals surface area contributed by atoms with Gasteiger partial charge in [0.15, 0.2) is 5.79 Å². The van der Waals surface area contributed by atoms with Crippen LogP contribution in [0.2, 0.25) is 0 Å². The van der Waals surface area contributed by atoms with Gasteiger partial charge in [0.25, 0.3) is 0 Å². The van der Waals surface area contributed by atoms with Crippen molar-refractivity contribution in [2.75, 3.05) is 0 Å². The zero-order valence-electron chi connectivity index (χ0n) is 7.61. The summed E-state index contributed by atoms with van der Waals surface area (Å²) in [6.45, 7) is 5.74. The Labute approximate surface area is 73.8 Å². The summed E-state index contributed by atoms with van der Waals surface area (Å²) in [5, 5.41) is 0. The highest BCUT2D eigenvalue weighted by Crippen LogP contribution is 2.37. The topological polar surface area (TPSA) is 27.7 Å². The zero-order valence-corrected chi connectivity index (χ0v) is 7.61. The molecule has 4 unspecified atom stereocenters. The second kappa shape index (κ2) is 2.47. The molecule has 0 aromatic carbocycles. The molecule has 66 valence electrons. The maximum absolute atomic E-state index is 5.70. The van der Waals surface area contributed by atoms with E-state index in [1.165, 1.54) is 0 Å². The highest BCUT2D eigenvalue weighted by atomic mass is 16.8. The molecule has 2 saturated heterocycles. The van der Waals surface area contributed by atoms with E-state index in [-0.39, 0.29) is 24.3 Å². The van der Waals surface area contributed by atoms with Crippen molar-refractivity contribution in [2.24, 2.45) is 0 Å². The van der Waals surface area contributed by atoms with Gasteiger partial charge >= 0.3 is 0 Å². The van der Waals surface area contributed by atoms with Gasteiger partial charge in [-0.2, -0.15) is 0 Å². The Hall–Kier alpha value is -0.0551. The third-order valence-electron chi connectivity index (χ3n) is 2.32. The normalized spacial score (nSPS) is 50.9. The van der Waals surface area contributed by atoms with Crippen LogP contribution in [0.25, 0.3) is 0 Å². The number of hydrogen-bond donors (Lipinski definition) is 0. The van der Waals surface area contributed by atoms with Gasteiger partial charge in [-0.05, 0) is 20.8 Å². The van der Waals surface area contributed by atoms with Crippen molar-refractivity contribution in [1.29, 1.82) is 0 Å². The monoisotopic (exact) mass is 168 g/mol. The Morgan fingerprint density at radius 1 is 1.17 bits per heavy atom. The third kappa shape index (κ3) is 1.18. The van der Waals surface area contributed by atoms with Gasteiger partial charge in [0.05, 0.1) is 6.10 Å². The molecule has 2 aliphatic heterocycles. The van der Waals surface area contributed by atoms with E-state index in [1.54, 1.807) is 0 Å². The fraction of sp³-hybridized carbons (Fsp3) is 1.00. The van der Waals surface area contributed by atoms with E-state index in [0.29, 0.717) is 0 Å². The van der Waals surface area contributed by atoms with Crippen LogP contribution in [0.15, 0.2) is 0 Å². The quantitative estimate of drug-likeness (QED) is 0.490. The average molecular weight is 168 g/mol. The van der Waals surface area contributed by atoms with Crippen LogP contribution in [-0.2, 0) is 14.2 Å². The molecule has 0 saturated carbocycles. The Kier molecular flexibility index (Phi) is 1.76. The lowest BCUT2D eigenvalue weighted by atomic mass is 9.93. The molecule has 2 aliphatic rings. The van der Waals surface area contributed by atoms with Crippen LogP contribution in [0.4, 0.5) is 0 Å². The standard InChI is InChI=1S/C8H13BO3/c1-4-5-6(7(9)10-4)12-8(2,3)11-5/h4-7H,1-3H3. The van der Waals surface area contributed by atoms with Gasteiger partial charge in [0.2, 0.25) is 0 Å².